The van der Waals surface area contributed by atoms with E-state index in [-0.39, 0.29) is 0 Å². The van der Waals surface area contributed by atoms with E-state index in [1.807, 2.05) is 17.5 Å². The smallest absolute Gasteiger partial charge is 0.142 e. The van der Waals surface area contributed by atoms with E-state index in [0.717, 1.165) is 26.9 Å². The number of nitrogens with zero attached hydrogens (tertiary/aromatic N) is 2. The number of imidazole rings is 1. The van der Waals surface area contributed by atoms with Crippen LogP contribution in [-0.4, -0.2) is 9.38 Å². The van der Waals surface area contributed by atoms with Crippen molar-refractivity contribution in [2.75, 3.05) is 5.73 Å². The maximum absolute atomic E-state index is 6.35. The van der Waals surface area contributed by atoms with E-state index in [2.05, 4.69) is 54.9 Å². The first-order valence-corrected chi connectivity index (χ1v) is 7.69. The summed E-state index contributed by atoms with van der Waals surface area (Å²) in [5.74, 6) is 0.681. The summed E-state index contributed by atoms with van der Waals surface area (Å²) in [5.41, 5.74) is 14.1. The van der Waals surface area contributed by atoms with Gasteiger partial charge in [-0.3, -0.25) is 4.40 Å². The normalized spacial score (nSPS) is 11.3. The summed E-state index contributed by atoms with van der Waals surface area (Å²) in [6.45, 7) is 8.39. The Balaban J connectivity index is 2.34. The minimum absolute atomic E-state index is 0.681. The number of nitrogens with two attached hydrogens (primary N) is 1. The Morgan fingerprint density at radius 1 is 0.952 bits per heavy atom. The molecule has 2 N–H and O–H groups in total. The second kappa shape index (κ2) is 4.88. The first-order chi connectivity index (χ1) is 9.88. The fourth-order valence-corrected chi connectivity index (χ4v) is 3.25. The lowest BCUT2D eigenvalue weighted by Gasteiger charge is -2.08. The molecule has 21 heavy (non-hydrogen) atoms. The standard InChI is InChI=1S/C17H18BrN3/c1-9-5-11(3)14(7-10(9)2)15-16(19)21-8-13(18)6-12(4)17(21)20-15/h5-8H,19H2,1-4H3. The number of rotatable bonds is 1. The second-order valence-electron chi connectivity index (χ2n) is 5.63. The van der Waals surface area contributed by atoms with Crippen molar-refractivity contribution in [3.63, 3.8) is 0 Å². The van der Waals surface area contributed by atoms with E-state index in [1.165, 1.54) is 16.7 Å². The Morgan fingerprint density at radius 3 is 2.33 bits per heavy atom. The van der Waals surface area contributed by atoms with Gasteiger partial charge in [0.15, 0.2) is 0 Å². The fourth-order valence-electron chi connectivity index (χ4n) is 2.70. The third kappa shape index (κ3) is 2.23. The van der Waals surface area contributed by atoms with Crippen LogP contribution in [0, 0.1) is 27.7 Å². The third-order valence-electron chi connectivity index (χ3n) is 4.00. The van der Waals surface area contributed by atoms with Crippen LogP contribution in [0.1, 0.15) is 22.3 Å². The summed E-state index contributed by atoms with van der Waals surface area (Å²) in [5, 5.41) is 0. The number of aromatic nitrogens is 2. The molecule has 1 aromatic carbocycles. The zero-order chi connectivity index (χ0) is 15.3. The lowest BCUT2D eigenvalue weighted by atomic mass is 9.99. The number of aryl methyl sites for hydroxylation is 4. The monoisotopic (exact) mass is 343 g/mol. The molecule has 2 heterocycles. The highest BCUT2D eigenvalue weighted by Gasteiger charge is 2.15. The van der Waals surface area contributed by atoms with Gasteiger partial charge in [0, 0.05) is 16.2 Å². The molecule has 0 aliphatic rings. The first kappa shape index (κ1) is 14.1. The molecule has 2 aromatic heterocycles. The van der Waals surface area contributed by atoms with E-state index in [1.54, 1.807) is 0 Å². The van der Waals surface area contributed by atoms with Crippen LogP contribution in [-0.2, 0) is 0 Å². The van der Waals surface area contributed by atoms with E-state index in [9.17, 15) is 0 Å². The molecule has 0 saturated heterocycles. The Morgan fingerprint density at radius 2 is 1.62 bits per heavy atom. The van der Waals surface area contributed by atoms with Crippen molar-refractivity contribution in [2.45, 2.75) is 27.7 Å². The number of halogens is 1. The minimum Gasteiger partial charge on any atom is -0.383 e. The molecule has 0 aliphatic carbocycles. The third-order valence-corrected chi connectivity index (χ3v) is 4.44. The van der Waals surface area contributed by atoms with Crippen molar-refractivity contribution in [2.24, 2.45) is 0 Å². The van der Waals surface area contributed by atoms with Crippen LogP contribution in [0.15, 0.2) is 28.9 Å². The molecule has 3 nitrogen and oxygen atoms in total. The van der Waals surface area contributed by atoms with Crippen LogP contribution in [0.3, 0.4) is 0 Å². The first-order valence-electron chi connectivity index (χ1n) is 6.90. The molecule has 4 heteroatoms. The molecule has 0 radical (unpaired) electrons. The summed E-state index contributed by atoms with van der Waals surface area (Å²) >= 11 is 3.51. The predicted molar refractivity (Wildman–Crippen MR) is 91.7 cm³/mol. The van der Waals surface area contributed by atoms with E-state index < -0.39 is 0 Å². The summed E-state index contributed by atoms with van der Waals surface area (Å²) in [4.78, 5) is 4.77. The van der Waals surface area contributed by atoms with Gasteiger partial charge in [-0.15, -0.1) is 0 Å². The Kier molecular flexibility index (Phi) is 3.29. The SMILES string of the molecule is Cc1cc(C)c(-c2nc3c(C)cc(Br)cn3c2N)cc1C. The highest BCUT2D eigenvalue weighted by molar-refractivity contribution is 9.10. The van der Waals surface area contributed by atoms with Crippen LogP contribution >= 0.6 is 15.9 Å². The number of nitrogen functional groups attached to an aromatic ring is 1. The molecule has 0 bridgehead atoms. The topological polar surface area (TPSA) is 43.3 Å². The fraction of sp³-hybridized carbons (Fsp3) is 0.235. The number of hydrogen-bond donors (Lipinski definition) is 1. The molecule has 0 aliphatic heterocycles. The predicted octanol–water partition coefficient (Wildman–Crippen LogP) is 4.58. The highest BCUT2D eigenvalue weighted by Crippen LogP contribution is 2.32. The minimum atomic E-state index is 0.681. The molecular formula is C17H18BrN3. The molecule has 0 saturated carbocycles. The van der Waals surface area contributed by atoms with Gasteiger partial charge in [-0.1, -0.05) is 6.07 Å². The summed E-state index contributed by atoms with van der Waals surface area (Å²) in [6, 6.07) is 6.42. The van der Waals surface area contributed by atoms with E-state index >= 15 is 0 Å². The number of hydrogen-bond acceptors (Lipinski definition) is 2. The number of benzene rings is 1. The zero-order valence-corrected chi connectivity index (χ0v) is 14.2. The number of anilines is 1. The number of pyridine rings is 1. The van der Waals surface area contributed by atoms with E-state index in [4.69, 9.17) is 10.7 Å². The lowest BCUT2D eigenvalue weighted by Crippen LogP contribution is -1.96. The van der Waals surface area contributed by atoms with Crippen molar-refractivity contribution in [3.8, 4) is 11.3 Å². The van der Waals surface area contributed by atoms with Crippen molar-refractivity contribution in [3.05, 3.63) is 51.1 Å². The van der Waals surface area contributed by atoms with Crippen molar-refractivity contribution >= 4 is 27.4 Å². The molecular weight excluding hydrogens is 326 g/mol. The summed E-state index contributed by atoms with van der Waals surface area (Å²) in [6.07, 6.45) is 1.96. The summed E-state index contributed by atoms with van der Waals surface area (Å²) in [7, 11) is 0. The zero-order valence-electron chi connectivity index (χ0n) is 12.7. The van der Waals surface area contributed by atoms with Crippen LogP contribution < -0.4 is 5.73 Å². The van der Waals surface area contributed by atoms with Gasteiger partial charge < -0.3 is 5.73 Å². The van der Waals surface area contributed by atoms with Gasteiger partial charge in [0.05, 0.1) is 0 Å². The van der Waals surface area contributed by atoms with Gasteiger partial charge in [-0.25, -0.2) is 4.98 Å². The van der Waals surface area contributed by atoms with E-state index in [0.29, 0.717) is 5.82 Å². The average molecular weight is 344 g/mol. The van der Waals surface area contributed by atoms with Crippen LogP contribution in [0.5, 0.6) is 0 Å². The van der Waals surface area contributed by atoms with Gasteiger partial charge in [0.1, 0.15) is 17.2 Å². The van der Waals surface area contributed by atoms with Crippen molar-refractivity contribution < 1.29 is 0 Å². The maximum Gasteiger partial charge on any atom is 0.142 e. The molecule has 0 amide bonds. The Labute approximate surface area is 132 Å². The Hall–Kier alpha value is -1.81. The lowest BCUT2D eigenvalue weighted by molar-refractivity contribution is 1.16. The van der Waals surface area contributed by atoms with Crippen LogP contribution in [0.2, 0.25) is 0 Å². The van der Waals surface area contributed by atoms with Gasteiger partial charge in [-0.2, -0.15) is 0 Å². The van der Waals surface area contributed by atoms with Gasteiger partial charge in [0.2, 0.25) is 0 Å². The second-order valence-corrected chi connectivity index (χ2v) is 6.55. The van der Waals surface area contributed by atoms with Crippen LogP contribution in [0.4, 0.5) is 5.82 Å². The molecule has 0 atom stereocenters. The molecule has 3 rings (SSSR count). The van der Waals surface area contributed by atoms with Gasteiger partial charge in [0.25, 0.3) is 0 Å². The molecule has 108 valence electrons. The quantitative estimate of drug-likeness (QED) is 0.702. The largest absolute Gasteiger partial charge is 0.383 e. The highest BCUT2D eigenvalue weighted by atomic mass is 79.9. The Bertz CT molecular complexity index is 862. The van der Waals surface area contributed by atoms with Crippen molar-refractivity contribution in [1.29, 1.82) is 0 Å². The van der Waals surface area contributed by atoms with Crippen molar-refractivity contribution in [1.82, 2.24) is 9.38 Å². The maximum atomic E-state index is 6.35. The number of fused-ring (bicyclic) bond motifs is 1. The van der Waals surface area contributed by atoms with Gasteiger partial charge in [-0.05, 0) is 78.0 Å². The molecule has 0 spiro atoms. The molecule has 3 aromatic rings. The van der Waals surface area contributed by atoms with Crippen LogP contribution in [0.25, 0.3) is 16.9 Å². The van der Waals surface area contributed by atoms with Gasteiger partial charge >= 0.3 is 0 Å². The molecule has 0 fully saturated rings. The average Bonchev–Trinajstić information content (AvgIpc) is 2.72. The molecule has 0 unspecified atom stereocenters. The summed E-state index contributed by atoms with van der Waals surface area (Å²) < 4.78 is 2.95.